The average molecular weight is 371 g/mol. The van der Waals surface area contributed by atoms with E-state index in [0.29, 0.717) is 56.8 Å². The Labute approximate surface area is 158 Å². The van der Waals surface area contributed by atoms with E-state index in [1.807, 2.05) is 30.0 Å². The third kappa shape index (κ3) is 3.50. The molecule has 1 spiro atoms. The number of piperidine rings is 1. The van der Waals surface area contributed by atoms with Gasteiger partial charge in [0, 0.05) is 38.9 Å². The molecule has 0 unspecified atom stereocenters. The molecule has 3 heterocycles. The normalized spacial score (nSPS) is 21.5. The fourth-order valence-electron chi connectivity index (χ4n) is 4.09. The van der Waals surface area contributed by atoms with Gasteiger partial charge in [-0.25, -0.2) is 0 Å². The number of nitrogens with zero attached hydrogens (tertiary/aromatic N) is 2. The van der Waals surface area contributed by atoms with E-state index in [4.69, 9.17) is 4.74 Å². The molecule has 0 aliphatic carbocycles. The van der Waals surface area contributed by atoms with Gasteiger partial charge < -0.3 is 19.9 Å². The Bertz CT molecular complexity index is 783. The summed E-state index contributed by atoms with van der Waals surface area (Å²) >= 11 is 0. The minimum Gasteiger partial charge on any atom is -0.484 e. The first-order chi connectivity index (χ1) is 13.0. The highest BCUT2D eigenvalue weighted by Gasteiger charge is 2.41. The first-order valence-electron chi connectivity index (χ1n) is 9.59. The number of hydrogen-bond donors (Lipinski definition) is 1. The zero-order valence-corrected chi connectivity index (χ0v) is 15.6. The molecule has 0 radical (unpaired) electrons. The summed E-state index contributed by atoms with van der Waals surface area (Å²) in [7, 11) is 0. The Balaban J connectivity index is 1.42. The monoisotopic (exact) mass is 371 g/mol. The predicted molar refractivity (Wildman–Crippen MR) is 98.5 cm³/mol. The van der Waals surface area contributed by atoms with Gasteiger partial charge in [0.25, 0.3) is 5.91 Å². The van der Waals surface area contributed by atoms with Gasteiger partial charge >= 0.3 is 0 Å². The van der Waals surface area contributed by atoms with Crippen molar-refractivity contribution in [2.75, 3.05) is 32.7 Å². The van der Waals surface area contributed by atoms with Crippen molar-refractivity contribution in [2.24, 2.45) is 0 Å². The van der Waals surface area contributed by atoms with E-state index in [1.54, 1.807) is 4.90 Å². The lowest BCUT2D eigenvalue weighted by atomic mass is 9.90. The van der Waals surface area contributed by atoms with Crippen LogP contribution in [0.5, 0.6) is 5.75 Å². The first kappa shape index (κ1) is 17.8. The molecule has 0 bridgehead atoms. The fraction of sp³-hybridized carbons (Fsp3) is 0.550. The summed E-state index contributed by atoms with van der Waals surface area (Å²) in [5.74, 6) is 0.557. The molecule has 27 heavy (non-hydrogen) atoms. The van der Waals surface area contributed by atoms with Crippen molar-refractivity contribution in [1.82, 2.24) is 15.1 Å². The molecular weight excluding hydrogens is 346 g/mol. The summed E-state index contributed by atoms with van der Waals surface area (Å²) in [5.41, 5.74) is 1.09. The van der Waals surface area contributed by atoms with Crippen molar-refractivity contribution in [2.45, 2.75) is 38.2 Å². The summed E-state index contributed by atoms with van der Waals surface area (Å²) in [6, 6.07) is 5.64. The standard InChI is InChI=1S/C20H25N3O4/c1-14-4-5-16-15(11-14)19(26)21-13-20(27-16)6-9-22(10-7-20)18(25)12-23-8-2-3-17(23)24/h4-5,11H,2-3,6-10,12-13H2,1H3,(H,21,26). The maximum atomic E-state index is 12.5. The number of aryl methyl sites for hydroxylation is 1. The van der Waals surface area contributed by atoms with Gasteiger partial charge in [-0.3, -0.25) is 14.4 Å². The number of carbonyl (C=O) groups is 3. The molecule has 2 saturated heterocycles. The highest BCUT2D eigenvalue weighted by molar-refractivity contribution is 5.97. The minimum atomic E-state index is -0.490. The predicted octanol–water partition coefficient (Wildman–Crippen LogP) is 1.10. The molecule has 144 valence electrons. The first-order valence-corrected chi connectivity index (χ1v) is 9.59. The molecule has 0 aromatic heterocycles. The lowest BCUT2D eigenvalue weighted by molar-refractivity contribution is -0.140. The zero-order chi connectivity index (χ0) is 19.0. The maximum absolute atomic E-state index is 12.5. The number of hydrogen-bond acceptors (Lipinski definition) is 4. The number of fused-ring (bicyclic) bond motifs is 1. The van der Waals surface area contributed by atoms with Gasteiger partial charge in [-0.15, -0.1) is 0 Å². The zero-order valence-electron chi connectivity index (χ0n) is 15.6. The highest BCUT2D eigenvalue weighted by atomic mass is 16.5. The van der Waals surface area contributed by atoms with Crippen molar-refractivity contribution in [3.05, 3.63) is 29.3 Å². The number of ether oxygens (including phenoxy) is 1. The summed E-state index contributed by atoms with van der Waals surface area (Å²) in [5, 5.41) is 2.98. The van der Waals surface area contributed by atoms with E-state index in [9.17, 15) is 14.4 Å². The molecule has 0 atom stereocenters. The van der Waals surface area contributed by atoms with E-state index >= 15 is 0 Å². The van der Waals surface area contributed by atoms with E-state index in [1.165, 1.54) is 0 Å². The van der Waals surface area contributed by atoms with Crippen molar-refractivity contribution >= 4 is 17.7 Å². The molecule has 7 nitrogen and oxygen atoms in total. The van der Waals surface area contributed by atoms with Crippen LogP contribution in [0.25, 0.3) is 0 Å². The largest absolute Gasteiger partial charge is 0.484 e. The van der Waals surface area contributed by atoms with E-state index in [0.717, 1.165) is 12.0 Å². The molecule has 2 fully saturated rings. The number of nitrogens with one attached hydrogen (secondary N) is 1. The SMILES string of the molecule is Cc1ccc2c(c1)C(=O)NCC1(CCN(C(=O)CN3CCCC3=O)CC1)O2. The quantitative estimate of drug-likeness (QED) is 0.844. The Morgan fingerprint density at radius 1 is 1.22 bits per heavy atom. The highest BCUT2D eigenvalue weighted by Crippen LogP contribution is 2.33. The summed E-state index contributed by atoms with van der Waals surface area (Å²) in [4.78, 5) is 40.1. The van der Waals surface area contributed by atoms with E-state index in [2.05, 4.69) is 5.32 Å². The topological polar surface area (TPSA) is 79.0 Å². The Kier molecular flexibility index (Phi) is 4.53. The molecule has 3 aliphatic rings. The lowest BCUT2D eigenvalue weighted by Crippen LogP contribution is -2.55. The van der Waals surface area contributed by atoms with Crippen molar-refractivity contribution < 1.29 is 19.1 Å². The molecule has 7 heteroatoms. The Morgan fingerprint density at radius 2 is 2.00 bits per heavy atom. The summed E-state index contributed by atoms with van der Waals surface area (Å²) in [6.07, 6.45) is 2.69. The van der Waals surface area contributed by atoms with Gasteiger partial charge in [0.05, 0.1) is 18.7 Å². The van der Waals surface area contributed by atoms with Crippen LogP contribution in [-0.4, -0.2) is 65.8 Å². The second-order valence-corrected chi connectivity index (χ2v) is 7.77. The molecule has 0 saturated carbocycles. The average Bonchev–Trinajstić information content (AvgIpc) is 3.00. The van der Waals surface area contributed by atoms with Crippen LogP contribution in [-0.2, 0) is 9.59 Å². The van der Waals surface area contributed by atoms with Crippen LogP contribution in [0.1, 0.15) is 41.6 Å². The van der Waals surface area contributed by atoms with Gasteiger partial charge in [0.2, 0.25) is 11.8 Å². The second-order valence-electron chi connectivity index (χ2n) is 7.77. The van der Waals surface area contributed by atoms with Crippen molar-refractivity contribution in [3.63, 3.8) is 0 Å². The number of amides is 3. The van der Waals surface area contributed by atoms with Crippen LogP contribution in [0.4, 0.5) is 0 Å². The van der Waals surface area contributed by atoms with Crippen LogP contribution in [0.15, 0.2) is 18.2 Å². The molecule has 1 aromatic rings. The van der Waals surface area contributed by atoms with Crippen LogP contribution < -0.4 is 10.1 Å². The number of carbonyl (C=O) groups excluding carboxylic acids is 3. The number of benzene rings is 1. The van der Waals surface area contributed by atoms with Crippen LogP contribution in [0, 0.1) is 6.92 Å². The Morgan fingerprint density at radius 3 is 2.70 bits per heavy atom. The minimum absolute atomic E-state index is 0.00576. The molecule has 3 aliphatic heterocycles. The van der Waals surface area contributed by atoms with Crippen LogP contribution in [0.2, 0.25) is 0 Å². The fourth-order valence-corrected chi connectivity index (χ4v) is 4.09. The summed E-state index contributed by atoms with van der Waals surface area (Å²) in [6.45, 7) is 4.37. The van der Waals surface area contributed by atoms with Crippen LogP contribution >= 0.6 is 0 Å². The van der Waals surface area contributed by atoms with Gasteiger partial charge in [0.15, 0.2) is 0 Å². The van der Waals surface area contributed by atoms with E-state index < -0.39 is 5.60 Å². The van der Waals surface area contributed by atoms with Crippen molar-refractivity contribution in [3.8, 4) is 5.75 Å². The van der Waals surface area contributed by atoms with E-state index in [-0.39, 0.29) is 24.3 Å². The number of rotatable bonds is 2. The van der Waals surface area contributed by atoms with Gasteiger partial charge in [-0.1, -0.05) is 11.6 Å². The van der Waals surface area contributed by atoms with Gasteiger partial charge in [-0.2, -0.15) is 0 Å². The third-order valence-corrected chi connectivity index (χ3v) is 5.80. The third-order valence-electron chi connectivity index (χ3n) is 5.80. The number of likely N-dealkylation sites (tertiary alicyclic amines) is 2. The molecule has 1 N–H and O–H groups in total. The second kappa shape index (κ2) is 6.87. The summed E-state index contributed by atoms with van der Waals surface area (Å²) < 4.78 is 6.30. The maximum Gasteiger partial charge on any atom is 0.255 e. The van der Waals surface area contributed by atoms with Gasteiger partial charge in [0.1, 0.15) is 11.4 Å². The van der Waals surface area contributed by atoms with Crippen LogP contribution in [0.3, 0.4) is 0 Å². The molecule has 3 amide bonds. The van der Waals surface area contributed by atoms with Gasteiger partial charge in [-0.05, 0) is 25.5 Å². The molecule has 1 aromatic carbocycles. The Hall–Kier alpha value is -2.57. The molecular formula is C20H25N3O4. The lowest BCUT2D eigenvalue weighted by Gasteiger charge is -2.41. The smallest absolute Gasteiger partial charge is 0.255 e. The van der Waals surface area contributed by atoms with Crippen molar-refractivity contribution in [1.29, 1.82) is 0 Å². The molecule has 4 rings (SSSR count).